The second-order valence-electron chi connectivity index (χ2n) is 7.23. The van der Waals surface area contributed by atoms with Gasteiger partial charge in [-0.05, 0) is 24.3 Å². The van der Waals surface area contributed by atoms with Gasteiger partial charge in [-0.25, -0.2) is 9.78 Å². The number of aromatic nitrogens is 8. The molecule has 0 bridgehead atoms. The average molecular weight is 431 g/mol. The number of hydrogen-bond acceptors (Lipinski definition) is 7. The van der Waals surface area contributed by atoms with Crippen molar-refractivity contribution in [2.45, 2.75) is 6.54 Å². The fourth-order valence-corrected chi connectivity index (χ4v) is 3.48. The van der Waals surface area contributed by atoms with Gasteiger partial charge in [0.05, 0.1) is 12.0 Å². The van der Waals surface area contributed by atoms with E-state index in [0.29, 0.717) is 11.3 Å². The van der Waals surface area contributed by atoms with Crippen LogP contribution >= 0.6 is 0 Å². The summed E-state index contributed by atoms with van der Waals surface area (Å²) in [4.78, 5) is 41.2. The Morgan fingerprint density at radius 1 is 1.00 bits per heavy atom. The summed E-state index contributed by atoms with van der Waals surface area (Å²) < 4.78 is 5.27. The molecule has 0 aliphatic rings. The summed E-state index contributed by atoms with van der Waals surface area (Å²) in [7, 11) is 2.91. The van der Waals surface area contributed by atoms with Gasteiger partial charge in [0.25, 0.3) is 5.56 Å². The molecule has 0 radical (unpaired) electrons. The lowest BCUT2D eigenvalue weighted by Crippen LogP contribution is -2.37. The van der Waals surface area contributed by atoms with E-state index >= 15 is 0 Å². The molecule has 0 spiro atoms. The van der Waals surface area contributed by atoms with Crippen molar-refractivity contribution >= 4 is 28.4 Å². The summed E-state index contributed by atoms with van der Waals surface area (Å²) in [5, 5.41) is 15.0. The van der Waals surface area contributed by atoms with Gasteiger partial charge in [0.2, 0.25) is 5.91 Å². The Hall–Kier alpha value is -4.61. The molecule has 0 fully saturated rings. The van der Waals surface area contributed by atoms with Gasteiger partial charge in [0.1, 0.15) is 12.9 Å². The molecular weight excluding hydrogens is 414 g/mol. The smallest absolute Gasteiger partial charge is 0.325 e. The number of carbonyl (C=O) groups is 1. The molecule has 1 amide bonds. The van der Waals surface area contributed by atoms with E-state index in [2.05, 4.69) is 25.6 Å². The third-order valence-electron chi connectivity index (χ3n) is 5.16. The van der Waals surface area contributed by atoms with Gasteiger partial charge >= 0.3 is 5.69 Å². The molecule has 0 aliphatic heterocycles. The van der Waals surface area contributed by atoms with E-state index < -0.39 is 11.2 Å². The summed E-state index contributed by atoms with van der Waals surface area (Å²) in [5.41, 5.74) is 2.28. The summed E-state index contributed by atoms with van der Waals surface area (Å²) in [5.74, 6) is -0.336. The molecule has 1 aromatic carbocycles. The van der Waals surface area contributed by atoms with E-state index in [4.69, 9.17) is 0 Å². The summed E-state index contributed by atoms with van der Waals surface area (Å²) in [6, 6.07) is 10.9. The minimum absolute atomic E-state index is 0.127. The van der Waals surface area contributed by atoms with E-state index in [-0.39, 0.29) is 23.6 Å². The van der Waals surface area contributed by atoms with Crippen LogP contribution in [0.15, 0.2) is 58.6 Å². The summed E-state index contributed by atoms with van der Waals surface area (Å²) in [6.07, 6.45) is 2.90. The van der Waals surface area contributed by atoms with Crippen molar-refractivity contribution in [1.29, 1.82) is 0 Å². The van der Waals surface area contributed by atoms with Crippen molar-refractivity contribution < 1.29 is 4.79 Å². The van der Waals surface area contributed by atoms with Crippen LogP contribution in [0.5, 0.6) is 0 Å². The van der Waals surface area contributed by atoms with Crippen molar-refractivity contribution in [1.82, 2.24) is 38.5 Å². The highest BCUT2D eigenvalue weighted by Gasteiger charge is 2.16. The predicted molar refractivity (Wildman–Crippen MR) is 115 cm³/mol. The molecule has 0 atom stereocenters. The van der Waals surface area contributed by atoms with E-state index in [1.807, 2.05) is 24.3 Å². The topological polar surface area (TPSA) is 134 Å². The largest absolute Gasteiger partial charge is 0.332 e. The van der Waals surface area contributed by atoms with Gasteiger partial charge in [-0.2, -0.15) is 9.61 Å². The molecule has 5 rings (SSSR count). The zero-order chi connectivity index (χ0) is 22.4. The van der Waals surface area contributed by atoms with E-state index in [9.17, 15) is 14.4 Å². The Bertz CT molecular complexity index is 1610. The number of aryl methyl sites for hydroxylation is 1. The van der Waals surface area contributed by atoms with Crippen LogP contribution in [-0.2, 0) is 25.4 Å². The molecular formula is C20H17N9O3. The first-order valence-electron chi connectivity index (χ1n) is 9.60. The number of anilines is 1. The van der Waals surface area contributed by atoms with Gasteiger partial charge < -0.3 is 9.88 Å². The lowest BCUT2D eigenvalue weighted by atomic mass is 10.1. The Kier molecular flexibility index (Phi) is 4.40. The molecule has 12 nitrogen and oxygen atoms in total. The van der Waals surface area contributed by atoms with Crippen LogP contribution in [0.1, 0.15) is 0 Å². The van der Waals surface area contributed by atoms with Crippen LogP contribution in [0.3, 0.4) is 0 Å². The lowest BCUT2D eigenvalue weighted by Gasteiger charge is -2.09. The molecule has 0 unspecified atom stereocenters. The minimum Gasteiger partial charge on any atom is -0.325 e. The molecule has 4 aromatic heterocycles. The third kappa shape index (κ3) is 3.14. The standard InChI is InChI=1S/C20H17N9O3/c1-26-18-17(19(31)27(2)20(26)32)28(10-21-18)9-16(30)23-13-5-3-12(4-6-13)14-7-8-15-24-22-11-29(15)25-14/h3-8,10-11H,9H2,1-2H3,(H,23,30). The summed E-state index contributed by atoms with van der Waals surface area (Å²) >= 11 is 0. The number of amides is 1. The quantitative estimate of drug-likeness (QED) is 0.429. The Labute approximate surface area is 179 Å². The zero-order valence-electron chi connectivity index (χ0n) is 17.1. The molecule has 12 heteroatoms. The predicted octanol–water partition coefficient (Wildman–Crippen LogP) is 0.177. The van der Waals surface area contributed by atoms with E-state index in [0.717, 1.165) is 15.8 Å². The first-order chi connectivity index (χ1) is 15.4. The minimum atomic E-state index is -0.504. The highest BCUT2D eigenvalue weighted by atomic mass is 16.2. The molecule has 0 saturated heterocycles. The van der Waals surface area contributed by atoms with Crippen LogP contribution in [0, 0.1) is 0 Å². The molecule has 0 saturated carbocycles. The van der Waals surface area contributed by atoms with Gasteiger partial charge in [-0.3, -0.25) is 18.7 Å². The highest BCUT2D eigenvalue weighted by Crippen LogP contribution is 2.20. The second-order valence-corrected chi connectivity index (χ2v) is 7.23. The Morgan fingerprint density at radius 3 is 2.56 bits per heavy atom. The fraction of sp³-hybridized carbons (Fsp3) is 0.150. The van der Waals surface area contributed by atoms with E-state index in [1.165, 1.54) is 35.9 Å². The molecule has 5 aromatic rings. The van der Waals surface area contributed by atoms with Crippen molar-refractivity contribution in [2.24, 2.45) is 14.1 Å². The SMILES string of the molecule is Cn1c(=O)c2c(ncn2CC(=O)Nc2ccc(-c3ccc4nncn4n3)cc2)n(C)c1=O. The van der Waals surface area contributed by atoms with Crippen LogP contribution in [-0.4, -0.2) is 44.4 Å². The van der Waals surface area contributed by atoms with Gasteiger partial charge in [0.15, 0.2) is 16.8 Å². The maximum Gasteiger partial charge on any atom is 0.332 e. The Morgan fingerprint density at radius 2 is 1.78 bits per heavy atom. The number of carbonyl (C=O) groups excluding carboxylic acids is 1. The van der Waals surface area contributed by atoms with Crippen LogP contribution in [0.4, 0.5) is 5.69 Å². The Balaban J connectivity index is 1.35. The summed E-state index contributed by atoms with van der Waals surface area (Å²) in [6.45, 7) is -0.127. The molecule has 160 valence electrons. The normalized spacial score (nSPS) is 11.3. The maximum atomic E-state index is 12.6. The first-order valence-corrected chi connectivity index (χ1v) is 9.60. The van der Waals surface area contributed by atoms with Crippen molar-refractivity contribution in [3.63, 3.8) is 0 Å². The van der Waals surface area contributed by atoms with Gasteiger partial charge in [-0.1, -0.05) is 12.1 Å². The number of rotatable bonds is 4. The zero-order valence-corrected chi connectivity index (χ0v) is 17.1. The molecule has 4 heterocycles. The number of nitrogens with one attached hydrogen (secondary N) is 1. The number of hydrogen-bond donors (Lipinski definition) is 1. The van der Waals surface area contributed by atoms with Crippen molar-refractivity contribution in [3.05, 3.63) is 69.9 Å². The number of fused-ring (bicyclic) bond motifs is 2. The number of imidazole rings is 1. The van der Waals surface area contributed by atoms with E-state index in [1.54, 1.807) is 16.6 Å². The van der Waals surface area contributed by atoms with Crippen LogP contribution < -0.4 is 16.6 Å². The van der Waals surface area contributed by atoms with Crippen molar-refractivity contribution in [2.75, 3.05) is 5.32 Å². The monoisotopic (exact) mass is 431 g/mol. The molecule has 0 aliphatic carbocycles. The average Bonchev–Trinajstić information content (AvgIpc) is 3.43. The van der Waals surface area contributed by atoms with Gasteiger partial charge in [0, 0.05) is 25.3 Å². The van der Waals surface area contributed by atoms with Crippen LogP contribution in [0.25, 0.3) is 28.1 Å². The third-order valence-corrected chi connectivity index (χ3v) is 5.16. The molecule has 32 heavy (non-hydrogen) atoms. The second kappa shape index (κ2) is 7.27. The molecule has 1 N–H and O–H groups in total. The van der Waals surface area contributed by atoms with Crippen LogP contribution in [0.2, 0.25) is 0 Å². The lowest BCUT2D eigenvalue weighted by molar-refractivity contribution is -0.116. The highest BCUT2D eigenvalue weighted by molar-refractivity contribution is 5.91. The van der Waals surface area contributed by atoms with Crippen molar-refractivity contribution in [3.8, 4) is 11.3 Å². The number of benzene rings is 1. The first kappa shape index (κ1) is 19.4. The van der Waals surface area contributed by atoms with Gasteiger partial charge in [-0.15, -0.1) is 10.2 Å². The number of nitrogens with zero attached hydrogens (tertiary/aromatic N) is 8. The maximum absolute atomic E-state index is 12.6. The fourth-order valence-electron chi connectivity index (χ4n) is 3.48.